The zero-order valence-corrected chi connectivity index (χ0v) is 12.7. The number of rotatable bonds is 3. The van der Waals surface area contributed by atoms with Crippen molar-refractivity contribution in [3.63, 3.8) is 0 Å². The molecule has 1 aromatic carbocycles. The molecule has 2 nitrogen and oxygen atoms in total. The van der Waals surface area contributed by atoms with E-state index in [1.807, 2.05) is 6.07 Å². The van der Waals surface area contributed by atoms with Crippen LogP contribution >= 0.6 is 0 Å². The molecule has 106 valence electrons. The van der Waals surface area contributed by atoms with Crippen LogP contribution in [0.25, 0.3) is 0 Å². The third-order valence-electron chi connectivity index (χ3n) is 4.48. The highest BCUT2D eigenvalue weighted by atomic mass is 15.1. The van der Waals surface area contributed by atoms with Crippen LogP contribution in [0.1, 0.15) is 39.2 Å². The van der Waals surface area contributed by atoms with Gasteiger partial charge in [0.2, 0.25) is 0 Å². The zero-order valence-electron chi connectivity index (χ0n) is 12.7. The summed E-state index contributed by atoms with van der Waals surface area (Å²) in [6.45, 7) is 10.8. The monoisotopic (exact) mass is 260 g/mol. The topological polar surface area (TPSA) is 29.3 Å². The summed E-state index contributed by atoms with van der Waals surface area (Å²) in [5.74, 6) is 0.885. The Bertz CT molecular complexity index is 398. The van der Waals surface area contributed by atoms with Crippen molar-refractivity contribution >= 4 is 5.69 Å². The van der Waals surface area contributed by atoms with Crippen molar-refractivity contribution in [3.8, 4) is 0 Å². The molecule has 0 amide bonds. The minimum Gasteiger partial charge on any atom is -0.399 e. The van der Waals surface area contributed by atoms with Crippen LogP contribution in [0.5, 0.6) is 0 Å². The van der Waals surface area contributed by atoms with Crippen LogP contribution < -0.4 is 5.73 Å². The molecular weight excluding hydrogens is 232 g/mol. The lowest BCUT2D eigenvalue weighted by molar-refractivity contribution is 0.113. The fourth-order valence-electron chi connectivity index (χ4n) is 3.06. The van der Waals surface area contributed by atoms with Gasteiger partial charge in [0.25, 0.3) is 0 Å². The number of hydrogen-bond donors (Lipinski definition) is 1. The van der Waals surface area contributed by atoms with Crippen molar-refractivity contribution in [2.24, 2.45) is 11.3 Å². The lowest BCUT2D eigenvalue weighted by atomic mass is 9.75. The summed E-state index contributed by atoms with van der Waals surface area (Å²) in [7, 11) is 0. The molecule has 1 aliphatic heterocycles. The second kappa shape index (κ2) is 5.96. The Kier molecular flexibility index (Phi) is 4.51. The molecule has 0 spiro atoms. The van der Waals surface area contributed by atoms with Crippen LogP contribution in [-0.4, -0.2) is 24.5 Å². The highest BCUT2D eigenvalue weighted by Crippen LogP contribution is 2.34. The molecule has 0 atom stereocenters. The van der Waals surface area contributed by atoms with Crippen LogP contribution in [0.4, 0.5) is 5.69 Å². The molecule has 1 aliphatic rings. The average molecular weight is 260 g/mol. The summed E-state index contributed by atoms with van der Waals surface area (Å²) in [6, 6.07) is 8.29. The molecule has 1 aromatic rings. The number of piperidine rings is 1. The summed E-state index contributed by atoms with van der Waals surface area (Å²) in [6.07, 6.45) is 3.81. The van der Waals surface area contributed by atoms with E-state index in [1.54, 1.807) is 0 Å². The van der Waals surface area contributed by atoms with Crippen molar-refractivity contribution in [2.75, 3.05) is 25.4 Å². The molecular formula is C17H28N2. The van der Waals surface area contributed by atoms with Gasteiger partial charge in [0.15, 0.2) is 0 Å². The Morgan fingerprint density at radius 1 is 1.21 bits per heavy atom. The Balaban J connectivity index is 1.77. The molecule has 1 saturated heterocycles. The number of anilines is 1. The van der Waals surface area contributed by atoms with Gasteiger partial charge in [-0.1, -0.05) is 32.9 Å². The van der Waals surface area contributed by atoms with Gasteiger partial charge in [0, 0.05) is 12.2 Å². The van der Waals surface area contributed by atoms with Gasteiger partial charge in [-0.3, -0.25) is 0 Å². The third kappa shape index (κ3) is 4.24. The first-order chi connectivity index (χ1) is 8.95. The molecule has 2 N–H and O–H groups in total. The Hall–Kier alpha value is -1.02. The molecule has 0 aromatic heterocycles. The van der Waals surface area contributed by atoms with Gasteiger partial charge in [-0.25, -0.2) is 0 Å². The Morgan fingerprint density at radius 3 is 2.47 bits per heavy atom. The summed E-state index contributed by atoms with van der Waals surface area (Å²) < 4.78 is 0. The highest BCUT2D eigenvalue weighted by molar-refractivity contribution is 5.40. The van der Waals surface area contributed by atoms with Crippen molar-refractivity contribution in [2.45, 2.75) is 40.0 Å². The van der Waals surface area contributed by atoms with E-state index < -0.39 is 0 Å². The second-order valence-electron chi connectivity index (χ2n) is 6.98. The smallest absolute Gasteiger partial charge is 0.0316 e. The van der Waals surface area contributed by atoms with E-state index in [0.29, 0.717) is 5.41 Å². The minimum absolute atomic E-state index is 0.472. The van der Waals surface area contributed by atoms with Gasteiger partial charge in [0.05, 0.1) is 0 Å². The van der Waals surface area contributed by atoms with Crippen LogP contribution in [0.2, 0.25) is 0 Å². The van der Waals surface area contributed by atoms with Crippen LogP contribution in [-0.2, 0) is 6.42 Å². The maximum atomic E-state index is 5.82. The van der Waals surface area contributed by atoms with E-state index in [9.17, 15) is 0 Å². The van der Waals surface area contributed by atoms with Gasteiger partial charge in [-0.15, -0.1) is 0 Å². The number of benzene rings is 1. The molecule has 0 saturated carbocycles. The van der Waals surface area contributed by atoms with Gasteiger partial charge in [-0.05, 0) is 61.4 Å². The normalized spacial score (nSPS) is 18.7. The highest BCUT2D eigenvalue weighted by Gasteiger charge is 2.28. The van der Waals surface area contributed by atoms with E-state index in [-0.39, 0.29) is 0 Å². The Labute approximate surface area is 118 Å². The molecule has 0 bridgehead atoms. The Morgan fingerprint density at radius 2 is 1.89 bits per heavy atom. The maximum Gasteiger partial charge on any atom is 0.0316 e. The predicted molar refractivity (Wildman–Crippen MR) is 83.2 cm³/mol. The summed E-state index contributed by atoms with van der Waals surface area (Å²) in [5, 5.41) is 0. The standard InChI is InChI=1S/C17H28N2/c1-17(2,3)15-8-11-19(12-9-15)10-7-14-5-4-6-16(18)13-14/h4-6,13,15H,7-12,18H2,1-3H3. The number of nitrogens with two attached hydrogens (primary N) is 1. The van der Waals surface area contributed by atoms with Crippen molar-refractivity contribution in [1.29, 1.82) is 0 Å². The number of likely N-dealkylation sites (tertiary alicyclic amines) is 1. The van der Waals surface area contributed by atoms with E-state index >= 15 is 0 Å². The largest absolute Gasteiger partial charge is 0.399 e. The summed E-state index contributed by atoms with van der Waals surface area (Å²) in [5.41, 5.74) is 8.53. The number of hydrogen-bond acceptors (Lipinski definition) is 2. The van der Waals surface area contributed by atoms with E-state index in [2.05, 4.69) is 43.9 Å². The molecule has 0 unspecified atom stereocenters. The first kappa shape index (κ1) is 14.4. The second-order valence-corrected chi connectivity index (χ2v) is 6.98. The fraction of sp³-hybridized carbons (Fsp3) is 0.647. The van der Waals surface area contributed by atoms with Crippen molar-refractivity contribution < 1.29 is 0 Å². The average Bonchev–Trinajstić information content (AvgIpc) is 2.36. The number of nitrogens with zero attached hydrogens (tertiary/aromatic N) is 1. The van der Waals surface area contributed by atoms with E-state index in [4.69, 9.17) is 5.73 Å². The predicted octanol–water partition coefficient (Wildman–Crippen LogP) is 3.57. The molecule has 19 heavy (non-hydrogen) atoms. The minimum atomic E-state index is 0.472. The first-order valence-corrected chi connectivity index (χ1v) is 7.52. The molecule has 2 heteroatoms. The van der Waals surface area contributed by atoms with E-state index in [0.717, 1.165) is 18.0 Å². The van der Waals surface area contributed by atoms with Crippen molar-refractivity contribution in [1.82, 2.24) is 4.90 Å². The molecule has 0 radical (unpaired) electrons. The van der Waals surface area contributed by atoms with Gasteiger partial charge in [-0.2, -0.15) is 0 Å². The molecule has 1 fully saturated rings. The van der Waals surface area contributed by atoms with Crippen molar-refractivity contribution in [3.05, 3.63) is 29.8 Å². The number of nitrogen functional groups attached to an aromatic ring is 1. The zero-order chi connectivity index (χ0) is 13.9. The van der Waals surface area contributed by atoms with Crippen LogP contribution in [0.3, 0.4) is 0 Å². The SMILES string of the molecule is CC(C)(C)C1CCN(CCc2cccc(N)c2)CC1. The molecule has 0 aliphatic carbocycles. The van der Waals surface area contributed by atoms with Gasteiger partial charge < -0.3 is 10.6 Å². The van der Waals surface area contributed by atoms with Gasteiger partial charge in [0.1, 0.15) is 0 Å². The summed E-state index contributed by atoms with van der Waals surface area (Å²) >= 11 is 0. The quantitative estimate of drug-likeness (QED) is 0.842. The maximum absolute atomic E-state index is 5.82. The lowest BCUT2D eigenvalue weighted by Crippen LogP contribution is -2.38. The van der Waals surface area contributed by atoms with Gasteiger partial charge >= 0.3 is 0 Å². The molecule has 2 rings (SSSR count). The van der Waals surface area contributed by atoms with Crippen LogP contribution in [0.15, 0.2) is 24.3 Å². The lowest BCUT2D eigenvalue weighted by Gasteiger charge is -2.38. The third-order valence-corrected chi connectivity index (χ3v) is 4.48. The molecule has 1 heterocycles. The van der Waals surface area contributed by atoms with Crippen LogP contribution in [0, 0.1) is 11.3 Å². The van der Waals surface area contributed by atoms with E-state index in [1.165, 1.54) is 38.0 Å². The summed E-state index contributed by atoms with van der Waals surface area (Å²) in [4.78, 5) is 2.60. The first-order valence-electron chi connectivity index (χ1n) is 7.52. The fourth-order valence-corrected chi connectivity index (χ4v) is 3.06.